The van der Waals surface area contributed by atoms with E-state index in [1.807, 2.05) is 18.2 Å². The first-order chi connectivity index (χ1) is 15.4. The van der Waals surface area contributed by atoms with Gasteiger partial charge in [0.2, 0.25) is 0 Å². The van der Waals surface area contributed by atoms with Crippen LogP contribution in [0.15, 0.2) is 18.2 Å². The lowest BCUT2D eigenvalue weighted by Gasteiger charge is -2.39. The van der Waals surface area contributed by atoms with E-state index in [0.29, 0.717) is 18.3 Å². The summed E-state index contributed by atoms with van der Waals surface area (Å²) in [6, 6.07) is 5.82. The highest BCUT2D eigenvalue weighted by Gasteiger charge is 2.47. The molecule has 0 radical (unpaired) electrons. The summed E-state index contributed by atoms with van der Waals surface area (Å²) >= 11 is 0. The molecule has 1 heterocycles. The highest BCUT2D eigenvalue weighted by molar-refractivity contribution is 5.93. The molecule has 2 atom stereocenters. The van der Waals surface area contributed by atoms with Crippen LogP contribution >= 0.6 is 0 Å². The summed E-state index contributed by atoms with van der Waals surface area (Å²) in [6.45, 7) is 8.74. The molecular weight excluding hydrogens is 404 g/mol. The maximum atomic E-state index is 12.5. The fourth-order valence-electron chi connectivity index (χ4n) is 4.70. The van der Waals surface area contributed by atoms with Crippen molar-refractivity contribution in [1.29, 1.82) is 0 Å². The third-order valence-electron chi connectivity index (χ3n) is 6.72. The number of benzene rings is 1. The van der Waals surface area contributed by atoms with Crippen LogP contribution in [0.2, 0.25) is 0 Å². The quantitative estimate of drug-likeness (QED) is 0.235. The molecule has 1 saturated heterocycles. The number of ether oxygens (including phenoxy) is 3. The lowest BCUT2D eigenvalue weighted by molar-refractivity contribution is -0.256. The van der Waals surface area contributed by atoms with Crippen LogP contribution in [0, 0.1) is 11.8 Å². The fraction of sp³-hybridized carbons (Fsp3) is 0.704. The predicted octanol–water partition coefficient (Wildman–Crippen LogP) is 6.70. The molecule has 32 heavy (non-hydrogen) atoms. The van der Waals surface area contributed by atoms with E-state index in [1.165, 1.54) is 6.42 Å². The van der Waals surface area contributed by atoms with Crippen LogP contribution < -0.4 is 4.74 Å². The number of carbonyl (C=O) groups is 2. The molecular formula is C27H42O5. The second-order valence-electron chi connectivity index (χ2n) is 9.14. The molecule has 0 aliphatic carbocycles. The summed E-state index contributed by atoms with van der Waals surface area (Å²) in [5.41, 5.74) is 1.84. The Bertz CT molecular complexity index is 726. The van der Waals surface area contributed by atoms with Gasteiger partial charge in [0.25, 0.3) is 5.79 Å². The summed E-state index contributed by atoms with van der Waals surface area (Å²) in [5, 5.41) is 0. The number of unbranched alkanes of at least 4 members (excludes halogenated alkanes) is 2. The van der Waals surface area contributed by atoms with Crippen LogP contribution in [0.3, 0.4) is 0 Å². The number of hydrogen-bond donors (Lipinski definition) is 0. The van der Waals surface area contributed by atoms with Crippen molar-refractivity contribution in [1.82, 2.24) is 0 Å². The second-order valence-corrected chi connectivity index (χ2v) is 9.14. The molecule has 0 bridgehead atoms. The molecule has 0 N–H and O–H groups in total. The standard InChI is InChI=1S/C27H42O5/c1-6-10-12-20(8-3)16-22-17-23(30-5)14-15-24(22)27(19-21(9-4)13-11-7-2)31-25(28)18-26(29)32-27/h14-15,17,20-21H,6-13,16,18-19H2,1-5H3. The maximum Gasteiger partial charge on any atom is 0.320 e. The van der Waals surface area contributed by atoms with E-state index < -0.39 is 17.7 Å². The first-order valence-electron chi connectivity index (χ1n) is 12.5. The van der Waals surface area contributed by atoms with Gasteiger partial charge in [0.15, 0.2) is 0 Å². The summed E-state index contributed by atoms with van der Waals surface area (Å²) in [7, 11) is 1.65. The van der Waals surface area contributed by atoms with E-state index in [-0.39, 0.29) is 6.42 Å². The molecule has 180 valence electrons. The van der Waals surface area contributed by atoms with E-state index in [4.69, 9.17) is 14.2 Å². The van der Waals surface area contributed by atoms with Gasteiger partial charge in [-0.2, -0.15) is 0 Å². The van der Waals surface area contributed by atoms with E-state index in [1.54, 1.807) is 7.11 Å². The van der Waals surface area contributed by atoms with Gasteiger partial charge in [0.05, 0.1) is 7.11 Å². The second kappa shape index (κ2) is 12.9. The molecule has 1 aliphatic heterocycles. The fourth-order valence-corrected chi connectivity index (χ4v) is 4.70. The van der Waals surface area contributed by atoms with Crippen molar-refractivity contribution in [2.45, 2.75) is 104 Å². The monoisotopic (exact) mass is 446 g/mol. The maximum absolute atomic E-state index is 12.5. The minimum Gasteiger partial charge on any atom is -0.497 e. The largest absolute Gasteiger partial charge is 0.497 e. The number of cyclic esters (lactones) is 2. The highest BCUT2D eigenvalue weighted by atomic mass is 16.7. The molecule has 1 aliphatic rings. The van der Waals surface area contributed by atoms with Crippen LogP contribution in [0.4, 0.5) is 0 Å². The van der Waals surface area contributed by atoms with E-state index in [9.17, 15) is 9.59 Å². The molecule has 0 aromatic heterocycles. The SMILES string of the molecule is CCCCC(CC)Cc1cc(OC)ccc1C1(CC(CC)CCCC)OC(=O)CC(=O)O1. The van der Waals surface area contributed by atoms with E-state index in [0.717, 1.165) is 68.2 Å². The van der Waals surface area contributed by atoms with Crippen molar-refractivity contribution in [3.8, 4) is 5.75 Å². The lowest BCUT2D eigenvalue weighted by atomic mass is 9.83. The normalized spacial score (nSPS) is 17.4. The van der Waals surface area contributed by atoms with Crippen molar-refractivity contribution in [3.63, 3.8) is 0 Å². The van der Waals surface area contributed by atoms with Crippen LogP contribution in [-0.4, -0.2) is 19.0 Å². The average molecular weight is 447 g/mol. The highest BCUT2D eigenvalue weighted by Crippen LogP contribution is 2.43. The lowest BCUT2D eigenvalue weighted by Crippen LogP contribution is -2.45. The van der Waals surface area contributed by atoms with Gasteiger partial charge >= 0.3 is 11.9 Å². The Balaban J connectivity index is 2.51. The van der Waals surface area contributed by atoms with Crippen LogP contribution in [-0.2, 0) is 31.3 Å². The van der Waals surface area contributed by atoms with Crippen molar-refractivity contribution in [2.24, 2.45) is 11.8 Å². The Hall–Kier alpha value is -2.04. The first kappa shape index (κ1) is 26.2. The smallest absolute Gasteiger partial charge is 0.320 e. The minimum absolute atomic E-state index is 0.297. The van der Waals surface area contributed by atoms with Crippen LogP contribution in [0.1, 0.15) is 103 Å². The Morgan fingerprint density at radius 1 is 0.938 bits per heavy atom. The zero-order valence-corrected chi connectivity index (χ0v) is 20.7. The van der Waals surface area contributed by atoms with Gasteiger partial charge in [-0.15, -0.1) is 0 Å². The Morgan fingerprint density at radius 2 is 1.53 bits per heavy atom. The molecule has 0 amide bonds. The molecule has 2 rings (SSSR count). The van der Waals surface area contributed by atoms with Gasteiger partial charge in [-0.1, -0.05) is 79.1 Å². The van der Waals surface area contributed by atoms with Crippen molar-refractivity contribution in [3.05, 3.63) is 29.3 Å². The number of rotatable bonds is 14. The molecule has 0 saturated carbocycles. The van der Waals surface area contributed by atoms with Gasteiger partial charge in [-0.05, 0) is 42.0 Å². The zero-order chi connectivity index (χ0) is 23.6. The number of carbonyl (C=O) groups excluding carboxylic acids is 2. The van der Waals surface area contributed by atoms with Gasteiger partial charge in [-0.25, -0.2) is 0 Å². The molecule has 1 aromatic carbocycles. The molecule has 0 spiro atoms. The Labute approximate surface area is 194 Å². The van der Waals surface area contributed by atoms with Gasteiger partial charge in [-0.3, -0.25) is 9.59 Å². The van der Waals surface area contributed by atoms with E-state index >= 15 is 0 Å². The van der Waals surface area contributed by atoms with Gasteiger partial charge in [0, 0.05) is 12.0 Å². The van der Waals surface area contributed by atoms with Crippen LogP contribution in [0.5, 0.6) is 5.75 Å². The van der Waals surface area contributed by atoms with Crippen molar-refractivity contribution in [2.75, 3.05) is 7.11 Å². The van der Waals surface area contributed by atoms with E-state index in [2.05, 4.69) is 27.7 Å². The molecule has 1 fully saturated rings. The molecule has 5 nitrogen and oxygen atoms in total. The summed E-state index contributed by atoms with van der Waals surface area (Å²) in [4.78, 5) is 24.9. The predicted molar refractivity (Wildman–Crippen MR) is 126 cm³/mol. The minimum atomic E-state index is -1.36. The first-order valence-corrected chi connectivity index (χ1v) is 12.5. The number of esters is 2. The average Bonchev–Trinajstić information content (AvgIpc) is 2.78. The van der Waals surface area contributed by atoms with Gasteiger partial charge < -0.3 is 14.2 Å². The third-order valence-corrected chi connectivity index (χ3v) is 6.72. The topological polar surface area (TPSA) is 61.8 Å². The van der Waals surface area contributed by atoms with Crippen molar-refractivity contribution >= 4 is 11.9 Å². The number of hydrogen-bond acceptors (Lipinski definition) is 5. The molecule has 2 unspecified atom stereocenters. The summed E-state index contributed by atoms with van der Waals surface area (Å²) in [5.74, 6) is -0.806. The summed E-state index contributed by atoms with van der Waals surface area (Å²) in [6.07, 6.45) is 9.72. The summed E-state index contributed by atoms with van der Waals surface area (Å²) < 4.78 is 17.4. The Morgan fingerprint density at radius 3 is 2.06 bits per heavy atom. The van der Waals surface area contributed by atoms with Crippen molar-refractivity contribution < 1.29 is 23.8 Å². The van der Waals surface area contributed by atoms with Gasteiger partial charge in [0.1, 0.15) is 12.2 Å². The van der Waals surface area contributed by atoms with Crippen LogP contribution in [0.25, 0.3) is 0 Å². The molecule has 5 heteroatoms. The zero-order valence-electron chi connectivity index (χ0n) is 20.7. The third kappa shape index (κ3) is 6.98. The number of methoxy groups -OCH3 is 1. The Kier molecular flexibility index (Phi) is 10.5. The molecule has 1 aromatic rings.